The van der Waals surface area contributed by atoms with Crippen molar-refractivity contribution >= 4 is 11.1 Å². The molecule has 102 valence electrons. The largest absolute Gasteiger partial charge is 0.417 e. The summed E-state index contributed by atoms with van der Waals surface area (Å²) in [6.45, 7) is 1.92. The van der Waals surface area contributed by atoms with Crippen LogP contribution in [0.5, 0.6) is 0 Å². The topological polar surface area (TPSA) is 75.3 Å². The third-order valence-electron chi connectivity index (χ3n) is 3.74. The number of hydrogen-bond acceptors (Lipinski definition) is 4. The molecule has 5 heteroatoms. The maximum Gasteiger partial charge on any atom is 0.417 e. The molecule has 0 radical (unpaired) electrons. The molecule has 1 fully saturated rings. The molecule has 0 aliphatic heterocycles. The number of rotatable bonds is 5. The van der Waals surface area contributed by atoms with Crippen LogP contribution in [0.1, 0.15) is 18.4 Å². The van der Waals surface area contributed by atoms with Gasteiger partial charge in [-0.05, 0) is 44.0 Å². The molecule has 2 aromatic rings. The van der Waals surface area contributed by atoms with Crippen LogP contribution < -0.4 is 11.5 Å². The summed E-state index contributed by atoms with van der Waals surface area (Å²) in [5.41, 5.74) is 8.74. The zero-order chi connectivity index (χ0) is 13.5. The Kier molecular flexibility index (Phi) is 2.95. The summed E-state index contributed by atoms with van der Waals surface area (Å²) in [7, 11) is 2.10. The van der Waals surface area contributed by atoms with Crippen LogP contribution in [0.4, 0.5) is 0 Å². The molecule has 3 rings (SSSR count). The number of fused-ring (bicyclic) bond motifs is 1. The molecule has 19 heavy (non-hydrogen) atoms. The molecule has 0 saturated heterocycles. The van der Waals surface area contributed by atoms with Gasteiger partial charge in [0.2, 0.25) is 0 Å². The van der Waals surface area contributed by atoms with Gasteiger partial charge in [-0.25, -0.2) is 4.79 Å². The fourth-order valence-electron chi connectivity index (χ4n) is 2.41. The fraction of sp³-hybridized carbons (Fsp3) is 0.500. The molecule has 0 unspecified atom stereocenters. The first-order valence-electron chi connectivity index (χ1n) is 6.63. The summed E-state index contributed by atoms with van der Waals surface area (Å²) in [6.07, 6.45) is 3.22. The van der Waals surface area contributed by atoms with Crippen LogP contribution in [0.2, 0.25) is 0 Å². The van der Waals surface area contributed by atoms with Crippen LogP contribution >= 0.6 is 0 Å². The summed E-state index contributed by atoms with van der Waals surface area (Å²) >= 11 is 0. The van der Waals surface area contributed by atoms with Crippen LogP contribution in [-0.2, 0) is 6.42 Å². The summed E-state index contributed by atoms with van der Waals surface area (Å²) in [6, 6.07) is 5.82. The minimum atomic E-state index is -0.400. The Morgan fingerprint density at radius 2 is 2.26 bits per heavy atom. The molecule has 1 aliphatic rings. The van der Waals surface area contributed by atoms with E-state index in [-0.39, 0.29) is 5.54 Å². The SMILES string of the molecule is CN(CCc1ccc2oc(=O)[nH]c2c1)CC1(N)CC1. The molecule has 0 spiro atoms. The predicted molar refractivity (Wildman–Crippen MR) is 74.2 cm³/mol. The lowest BCUT2D eigenvalue weighted by Crippen LogP contribution is -2.38. The van der Waals surface area contributed by atoms with Gasteiger partial charge in [-0.3, -0.25) is 4.98 Å². The Hall–Kier alpha value is -1.59. The van der Waals surface area contributed by atoms with Gasteiger partial charge in [-0.1, -0.05) is 6.07 Å². The van der Waals surface area contributed by atoms with E-state index in [9.17, 15) is 4.79 Å². The Morgan fingerprint density at radius 3 is 3.00 bits per heavy atom. The first kappa shape index (κ1) is 12.4. The van der Waals surface area contributed by atoms with Gasteiger partial charge in [0.25, 0.3) is 0 Å². The van der Waals surface area contributed by atoms with Gasteiger partial charge in [0.05, 0.1) is 5.52 Å². The van der Waals surface area contributed by atoms with Crippen molar-refractivity contribution in [2.24, 2.45) is 5.73 Å². The van der Waals surface area contributed by atoms with Crippen molar-refractivity contribution in [1.82, 2.24) is 9.88 Å². The van der Waals surface area contributed by atoms with Gasteiger partial charge < -0.3 is 15.1 Å². The number of aromatic amines is 1. The number of benzene rings is 1. The van der Waals surface area contributed by atoms with Gasteiger partial charge in [0, 0.05) is 18.6 Å². The normalized spacial score (nSPS) is 17.2. The average molecular weight is 261 g/mol. The lowest BCUT2D eigenvalue weighted by Gasteiger charge is -2.20. The summed E-state index contributed by atoms with van der Waals surface area (Å²) in [4.78, 5) is 16.0. The Bertz CT molecular complexity index is 639. The number of oxazole rings is 1. The van der Waals surface area contributed by atoms with E-state index in [4.69, 9.17) is 10.2 Å². The second-order valence-electron chi connectivity index (χ2n) is 5.70. The van der Waals surface area contributed by atoms with Crippen molar-refractivity contribution < 1.29 is 4.42 Å². The lowest BCUT2D eigenvalue weighted by atomic mass is 10.1. The van der Waals surface area contributed by atoms with E-state index in [2.05, 4.69) is 16.9 Å². The third-order valence-corrected chi connectivity index (χ3v) is 3.74. The first-order valence-corrected chi connectivity index (χ1v) is 6.63. The van der Waals surface area contributed by atoms with Crippen LogP contribution in [0.3, 0.4) is 0 Å². The van der Waals surface area contributed by atoms with Crippen LogP contribution in [0.25, 0.3) is 11.1 Å². The van der Waals surface area contributed by atoms with Crippen molar-refractivity contribution in [3.63, 3.8) is 0 Å². The van der Waals surface area contributed by atoms with Crippen LogP contribution in [-0.4, -0.2) is 35.6 Å². The Morgan fingerprint density at radius 1 is 1.47 bits per heavy atom. The van der Waals surface area contributed by atoms with Gasteiger partial charge in [-0.2, -0.15) is 0 Å². The van der Waals surface area contributed by atoms with Gasteiger partial charge >= 0.3 is 5.76 Å². The van der Waals surface area contributed by atoms with E-state index in [0.29, 0.717) is 5.58 Å². The minimum Gasteiger partial charge on any atom is -0.408 e. The van der Waals surface area contributed by atoms with Crippen molar-refractivity contribution in [2.75, 3.05) is 20.1 Å². The number of H-pyrrole nitrogens is 1. The minimum absolute atomic E-state index is 0.0640. The van der Waals surface area contributed by atoms with E-state index in [1.807, 2.05) is 18.2 Å². The van der Waals surface area contributed by atoms with E-state index < -0.39 is 5.76 Å². The molecule has 1 saturated carbocycles. The van der Waals surface area contributed by atoms with Crippen LogP contribution in [0.15, 0.2) is 27.4 Å². The molecule has 0 atom stereocenters. The van der Waals surface area contributed by atoms with Gasteiger partial charge in [0.1, 0.15) is 0 Å². The predicted octanol–water partition coefficient (Wildman–Crippen LogP) is 1.09. The third kappa shape index (κ3) is 2.88. The highest BCUT2D eigenvalue weighted by Gasteiger charge is 2.38. The molecule has 1 aromatic heterocycles. The number of hydrogen-bond donors (Lipinski definition) is 2. The van der Waals surface area contributed by atoms with Crippen molar-refractivity contribution in [3.05, 3.63) is 34.3 Å². The number of nitrogens with two attached hydrogens (primary N) is 1. The summed E-state index contributed by atoms with van der Waals surface area (Å²) in [5.74, 6) is -0.400. The van der Waals surface area contributed by atoms with E-state index in [0.717, 1.165) is 37.9 Å². The van der Waals surface area contributed by atoms with Crippen molar-refractivity contribution in [1.29, 1.82) is 0 Å². The Labute approximate surface area is 111 Å². The van der Waals surface area contributed by atoms with Crippen molar-refractivity contribution in [2.45, 2.75) is 24.8 Å². The molecule has 0 amide bonds. The van der Waals surface area contributed by atoms with E-state index in [1.165, 1.54) is 5.56 Å². The zero-order valence-corrected chi connectivity index (χ0v) is 11.1. The molecule has 1 heterocycles. The highest BCUT2D eigenvalue weighted by Crippen LogP contribution is 2.32. The standard InChI is InChI=1S/C14H19N3O2/c1-17(9-14(15)5-6-14)7-4-10-2-3-12-11(8-10)16-13(18)19-12/h2-3,8H,4-7,9,15H2,1H3,(H,16,18). The molecule has 0 bridgehead atoms. The molecule has 1 aromatic carbocycles. The Balaban J connectivity index is 1.62. The van der Waals surface area contributed by atoms with Crippen LogP contribution in [0, 0.1) is 0 Å². The molecule has 1 aliphatic carbocycles. The second-order valence-corrected chi connectivity index (χ2v) is 5.70. The number of likely N-dealkylation sites (N-methyl/N-ethyl adjacent to an activating group) is 1. The zero-order valence-electron chi connectivity index (χ0n) is 11.1. The summed E-state index contributed by atoms with van der Waals surface area (Å²) in [5, 5.41) is 0. The van der Waals surface area contributed by atoms with E-state index >= 15 is 0 Å². The first-order chi connectivity index (χ1) is 9.04. The average Bonchev–Trinajstić information content (AvgIpc) is 2.95. The van der Waals surface area contributed by atoms with Gasteiger partial charge in [0.15, 0.2) is 5.58 Å². The smallest absolute Gasteiger partial charge is 0.408 e. The maximum atomic E-state index is 11.1. The highest BCUT2D eigenvalue weighted by molar-refractivity contribution is 5.72. The van der Waals surface area contributed by atoms with Crippen molar-refractivity contribution in [3.8, 4) is 0 Å². The highest BCUT2D eigenvalue weighted by atomic mass is 16.4. The fourth-order valence-corrected chi connectivity index (χ4v) is 2.41. The summed E-state index contributed by atoms with van der Waals surface area (Å²) < 4.78 is 4.98. The number of nitrogens with zero attached hydrogens (tertiary/aromatic N) is 1. The molecular formula is C14H19N3O2. The molecule has 3 N–H and O–H groups in total. The molecular weight excluding hydrogens is 242 g/mol. The second kappa shape index (κ2) is 4.51. The molecule has 5 nitrogen and oxygen atoms in total. The van der Waals surface area contributed by atoms with Gasteiger partial charge in [-0.15, -0.1) is 0 Å². The maximum absolute atomic E-state index is 11.1. The van der Waals surface area contributed by atoms with E-state index in [1.54, 1.807) is 0 Å². The quantitative estimate of drug-likeness (QED) is 0.844. The number of nitrogens with one attached hydrogen (secondary N) is 1. The number of aromatic nitrogens is 1. The monoisotopic (exact) mass is 261 g/mol. The lowest BCUT2D eigenvalue weighted by molar-refractivity contribution is 0.306.